The molecule has 0 aromatic rings. The topological polar surface area (TPSA) is 12.4 Å². The first kappa shape index (κ1) is 10.8. The van der Waals surface area contributed by atoms with Crippen LogP contribution in [0.15, 0.2) is 15.5 Å². The van der Waals surface area contributed by atoms with Crippen molar-refractivity contribution < 1.29 is 0 Å². The van der Waals surface area contributed by atoms with E-state index >= 15 is 0 Å². The van der Waals surface area contributed by atoms with Gasteiger partial charge in [-0.25, -0.2) is 0 Å². The van der Waals surface area contributed by atoms with Crippen molar-refractivity contribution in [1.82, 2.24) is 0 Å². The Labute approximate surface area is 74.0 Å². The maximum Gasteiger partial charge on any atom is 0.0685 e. The Morgan fingerprint density at radius 1 is 1.27 bits per heavy atom. The molecule has 0 saturated heterocycles. The summed E-state index contributed by atoms with van der Waals surface area (Å²) in [6.45, 7) is 8.54. The molecule has 0 rings (SSSR count). The average Bonchev–Trinajstić information content (AvgIpc) is 2.02. The fourth-order valence-corrected chi connectivity index (χ4v) is 1.46. The summed E-state index contributed by atoms with van der Waals surface area (Å²) in [4.78, 5) is 5.48. The maximum atomic E-state index is 4.09. The Hall–Kier alpha value is -0.240. The van der Waals surface area contributed by atoms with Crippen molar-refractivity contribution in [2.75, 3.05) is 7.05 Å². The van der Waals surface area contributed by atoms with E-state index in [1.807, 2.05) is 14.0 Å². The second-order valence-electron chi connectivity index (χ2n) is 2.53. The Bertz CT molecular complexity index is 180. The van der Waals surface area contributed by atoms with E-state index in [1.54, 1.807) is 11.8 Å². The fourth-order valence-electron chi connectivity index (χ4n) is 0.603. The van der Waals surface area contributed by atoms with Gasteiger partial charge in [-0.1, -0.05) is 24.3 Å². The lowest BCUT2D eigenvalue weighted by atomic mass is 10.2. The minimum Gasteiger partial charge on any atom is -0.286 e. The van der Waals surface area contributed by atoms with Crippen LogP contribution in [0, 0.1) is 0 Å². The Balaban J connectivity index is 4.16. The fraction of sp³-hybridized carbons (Fsp3) is 0.667. The van der Waals surface area contributed by atoms with Crippen molar-refractivity contribution >= 4 is 16.8 Å². The number of allylic oxidation sites excluding steroid dienone is 2. The van der Waals surface area contributed by atoms with Crippen LogP contribution in [0.2, 0.25) is 0 Å². The lowest BCUT2D eigenvalue weighted by Gasteiger charge is -2.03. The van der Waals surface area contributed by atoms with Crippen LogP contribution >= 0.6 is 11.8 Å². The van der Waals surface area contributed by atoms with Gasteiger partial charge in [0.15, 0.2) is 0 Å². The van der Waals surface area contributed by atoms with Gasteiger partial charge < -0.3 is 0 Å². The molecule has 1 nitrogen and oxygen atoms in total. The SMILES string of the molecule is CC/C(C)=C(\C)SC(C)=NC. The number of hydrogen-bond donors (Lipinski definition) is 0. The summed E-state index contributed by atoms with van der Waals surface area (Å²) in [5.41, 5.74) is 1.46. The van der Waals surface area contributed by atoms with Gasteiger partial charge in [-0.2, -0.15) is 0 Å². The lowest BCUT2D eigenvalue weighted by Crippen LogP contribution is -1.85. The molecule has 64 valence electrons. The molecule has 0 aliphatic carbocycles. The van der Waals surface area contributed by atoms with Gasteiger partial charge in [0.25, 0.3) is 0 Å². The molecule has 0 saturated carbocycles. The summed E-state index contributed by atoms with van der Waals surface area (Å²) >= 11 is 1.76. The molecule has 0 atom stereocenters. The van der Waals surface area contributed by atoms with Gasteiger partial charge in [-0.05, 0) is 32.1 Å². The Kier molecular flexibility index (Phi) is 5.30. The molecule has 0 aliphatic rings. The van der Waals surface area contributed by atoms with E-state index in [0.717, 1.165) is 11.5 Å². The first-order chi connectivity index (χ1) is 5.11. The predicted molar refractivity (Wildman–Crippen MR) is 55.3 cm³/mol. The third-order valence-electron chi connectivity index (χ3n) is 1.75. The largest absolute Gasteiger partial charge is 0.286 e. The van der Waals surface area contributed by atoms with Crippen molar-refractivity contribution in [3.8, 4) is 0 Å². The summed E-state index contributed by atoms with van der Waals surface area (Å²) in [5.74, 6) is 0. The lowest BCUT2D eigenvalue weighted by molar-refractivity contribution is 1.09. The van der Waals surface area contributed by atoms with Gasteiger partial charge in [-0.15, -0.1) is 0 Å². The standard InChI is InChI=1S/C9H17NS/c1-6-7(2)8(3)11-9(4)10-5/h6H2,1-5H3/b8-7+,10-9?. The van der Waals surface area contributed by atoms with Gasteiger partial charge in [0, 0.05) is 7.05 Å². The highest BCUT2D eigenvalue weighted by atomic mass is 32.2. The Morgan fingerprint density at radius 2 is 1.82 bits per heavy atom. The van der Waals surface area contributed by atoms with Gasteiger partial charge in [0.1, 0.15) is 0 Å². The third kappa shape index (κ3) is 4.25. The number of hydrogen-bond acceptors (Lipinski definition) is 2. The van der Waals surface area contributed by atoms with Crippen LogP contribution in [0.4, 0.5) is 0 Å². The van der Waals surface area contributed by atoms with E-state index in [1.165, 1.54) is 10.5 Å². The number of thioether (sulfide) groups is 1. The van der Waals surface area contributed by atoms with Crippen LogP contribution in [-0.4, -0.2) is 12.1 Å². The van der Waals surface area contributed by atoms with Crippen LogP contribution in [0.3, 0.4) is 0 Å². The smallest absolute Gasteiger partial charge is 0.0685 e. The molecule has 0 amide bonds. The second-order valence-corrected chi connectivity index (χ2v) is 3.94. The molecule has 0 heterocycles. The van der Waals surface area contributed by atoms with E-state index in [0.29, 0.717) is 0 Å². The zero-order valence-electron chi connectivity index (χ0n) is 8.06. The summed E-state index contributed by atoms with van der Waals surface area (Å²) < 4.78 is 0. The Morgan fingerprint density at radius 3 is 2.18 bits per heavy atom. The molecule has 0 aromatic heterocycles. The first-order valence-corrected chi connectivity index (χ1v) is 4.71. The molecule has 0 N–H and O–H groups in total. The molecular weight excluding hydrogens is 154 g/mol. The minimum atomic E-state index is 1.13. The van der Waals surface area contributed by atoms with E-state index in [2.05, 4.69) is 25.8 Å². The average molecular weight is 171 g/mol. The second kappa shape index (κ2) is 5.42. The van der Waals surface area contributed by atoms with Gasteiger partial charge >= 0.3 is 0 Å². The molecule has 0 fully saturated rings. The van der Waals surface area contributed by atoms with E-state index in [-0.39, 0.29) is 0 Å². The summed E-state index contributed by atoms with van der Waals surface area (Å²) in [5, 5.41) is 1.13. The molecule has 0 unspecified atom stereocenters. The highest BCUT2D eigenvalue weighted by Crippen LogP contribution is 2.21. The van der Waals surface area contributed by atoms with Crippen LogP contribution in [0.25, 0.3) is 0 Å². The molecule has 0 aromatic carbocycles. The van der Waals surface area contributed by atoms with Crippen molar-refractivity contribution in [3.05, 3.63) is 10.5 Å². The first-order valence-electron chi connectivity index (χ1n) is 3.89. The van der Waals surface area contributed by atoms with Crippen LogP contribution in [-0.2, 0) is 0 Å². The van der Waals surface area contributed by atoms with E-state index in [9.17, 15) is 0 Å². The van der Waals surface area contributed by atoms with Crippen molar-refractivity contribution in [3.63, 3.8) is 0 Å². The summed E-state index contributed by atoms with van der Waals surface area (Å²) in [7, 11) is 1.83. The molecule has 2 heteroatoms. The van der Waals surface area contributed by atoms with Crippen molar-refractivity contribution in [2.24, 2.45) is 4.99 Å². The molecule has 0 spiro atoms. The monoisotopic (exact) mass is 171 g/mol. The molecule has 11 heavy (non-hydrogen) atoms. The van der Waals surface area contributed by atoms with Crippen LogP contribution < -0.4 is 0 Å². The van der Waals surface area contributed by atoms with E-state index < -0.39 is 0 Å². The van der Waals surface area contributed by atoms with Crippen molar-refractivity contribution in [1.29, 1.82) is 0 Å². The van der Waals surface area contributed by atoms with E-state index in [4.69, 9.17) is 0 Å². The summed E-state index contributed by atoms with van der Waals surface area (Å²) in [6, 6.07) is 0. The van der Waals surface area contributed by atoms with Crippen LogP contribution in [0.1, 0.15) is 34.1 Å². The quantitative estimate of drug-likeness (QED) is 0.458. The molecule has 0 radical (unpaired) electrons. The van der Waals surface area contributed by atoms with Crippen LogP contribution in [0.5, 0.6) is 0 Å². The predicted octanol–water partition coefficient (Wildman–Crippen LogP) is 3.47. The number of rotatable bonds is 2. The maximum absolute atomic E-state index is 4.09. The zero-order valence-corrected chi connectivity index (χ0v) is 8.88. The highest BCUT2D eigenvalue weighted by molar-refractivity contribution is 8.17. The van der Waals surface area contributed by atoms with Gasteiger partial charge in [-0.3, -0.25) is 4.99 Å². The van der Waals surface area contributed by atoms with Crippen molar-refractivity contribution in [2.45, 2.75) is 34.1 Å². The van der Waals surface area contributed by atoms with Gasteiger partial charge in [0.05, 0.1) is 5.04 Å². The summed E-state index contributed by atoms with van der Waals surface area (Å²) in [6.07, 6.45) is 1.13. The molecular formula is C9H17NS. The third-order valence-corrected chi connectivity index (χ3v) is 2.88. The molecule has 0 aliphatic heterocycles. The number of nitrogens with zero attached hydrogens (tertiary/aromatic N) is 1. The zero-order chi connectivity index (χ0) is 8.85. The highest BCUT2D eigenvalue weighted by Gasteiger charge is 1.97. The minimum absolute atomic E-state index is 1.13. The molecule has 0 bridgehead atoms. The van der Waals surface area contributed by atoms with Gasteiger partial charge in [0.2, 0.25) is 0 Å². The normalized spacial score (nSPS) is 14.8. The number of aliphatic imine (C=N–C) groups is 1.